The number of hydrogen-bond donors (Lipinski definition) is 2. The minimum absolute atomic E-state index is 0.178. The van der Waals surface area contributed by atoms with Crippen LogP contribution < -0.4 is 11.0 Å². The van der Waals surface area contributed by atoms with E-state index in [4.69, 9.17) is 13.8 Å². The molecule has 4 atom stereocenters. The zero-order valence-electron chi connectivity index (χ0n) is 23.1. The lowest BCUT2D eigenvalue weighted by molar-refractivity contribution is -0.00519. The van der Waals surface area contributed by atoms with E-state index in [2.05, 4.69) is 57.6 Å². The predicted octanol–water partition coefficient (Wildman–Crippen LogP) is 4.48. The third-order valence-corrected chi connectivity index (χ3v) is 8.28. The van der Waals surface area contributed by atoms with Crippen LogP contribution >= 0.6 is 8.53 Å². The number of imidazole rings is 1. The second-order valence-corrected chi connectivity index (χ2v) is 11.1. The molecule has 0 aliphatic carbocycles. The first kappa shape index (κ1) is 28.8. The van der Waals surface area contributed by atoms with Crippen molar-refractivity contribution >= 4 is 37.8 Å². The van der Waals surface area contributed by atoms with E-state index in [0.29, 0.717) is 29.7 Å². The van der Waals surface area contributed by atoms with Gasteiger partial charge in [-0.25, -0.2) is 24.0 Å². The van der Waals surface area contributed by atoms with E-state index in [1.165, 1.54) is 17.3 Å². The van der Waals surface area contributed by atoms with E-state index in [9.17, 15) is 9.59 Å². The number of hydrogen-bond acceptors (Lipinski definition) is 9. The highest BCUT2D eigenvalue weighted by Gasteiger charge is 2.40. The Labute approximate surface area is 228 Å². The number of aromatic nitrogens is 4. The van der Waals surface area contributed by atoms with Crippen molar-refractivity contribution in [2.45, 2.75) is 78.5 Å². The lowest BCUT2D eigenvalue weighted by Crippen LogP contribution is -2.35. The Morgan fingerprint density at radius 3 is 2.67 bits per heavy atom. The molecule has 1 amide bonds. The van der Waals surface area contributed by atoms with Crippen molar-refractivity contribution in [2.75, 3.05) is 11.9 Å². The van der Waals surface area contributed by atoms with E-state index < -0.39 is 20.4 Å². The molecule has 0 spiro atoms. The predicted molar refractivity (Wildman–Crippen MR) is 151 cm³/mol. The number of rotatable bonds is 11. The zero-order chi connectivity index (χ0) is 28.1. The molecule has 210 valence electrons. The monoisotopic (exact) mass is 557 g/mol. The Kier molecular flexibility index (Phi) is 9.45. The van der Waals surface area contributed by atoms with Crippen LogP contribution in [0.1, 0.15) is 64.5 Å². The molecular weight excluding hydrogens is 521 g/mol. The van der Waals surface area contributed by atoms with E-state index in [-0.39, 0.29) is 36.0 Å². The molecule has 1 aromatic carbocycles. The molecule has 13 heteroatoms. The Morgan fingerprint density at radius 2 is 2.00 bits per heavy atom. The molecule has 0 radical (unpaired) electrons. The van der Waals surface area contributed by atoms with Crippen molar-refractivity contribution in [3.05, 3.63) is 52.7 Å². The number of aliphatic imine (C=N–C) groups is 1. The number of benzene rings is 1. The molecule has 1 aliphatic heterocycles. The quantitative estimate of drug-likeness (QED) is 0.200. The molecule has 3 unspecified atom stereocenters. The van der Waals surface area contributed by atoms with Gasteiger partial charge in [0.2, 0.25) is 0 Å². The van der Waals surface area contributed by atoms with E-state index in [1.54, 1.807) is 24.3 Å². The van der Waals surface area contributed by atoms with Gasteiger partial charge in [-0.05, 0) is 53.7 Å². The Morgan fingerprint density at radius 1 is 1.28 bits per heavy atom. The molecule has 3 aromatic rings. The molecule has 12 nitrogen and oxygen atoms in total. The first-order valence-corrected chi connectivity index (χ1v) is 14.2. The highest BCUT2D eigenvalue weighted by atomic mass is 31.2. The minimum Gasteiger partial charge on any atom is -0.425 e. The van der Waals surface area contributed by atoms with Gasteiger partial charge in [0.25, 0.3) is 5.91 Å². The summed E-state index contributed by atoms with van der Waals surface area (Å²) < 4.78 is 22.3. The lowest BCUT2D eigenvalue weighted by Gasteiger charge is -2.36. The molecule has 3 heterocycles. The van der Waals surface area contributed by atoms with Crippen LogP contribution in [0.4, 0.5) is 5.82 Å². The summed E-state index contributed by atoms with van der Waals surface area (Å²) in [6.45, 7) is 12.8. The van der Waals surface area contributed by atoms with Crippen molar-refractivity contribution in [1.29, 1.82) is 0 Å². The van der Waals surface area contributed by atoms with E-state index in [0.717, 1.165) is 0 Å². The molecular formula is C26H36N7O5P. The maximum atomic E-state index is 13.1. The van der Waals surface area contributed by atoms with Crippen molar-refractivity contribution in [3.63, 3.8) is 0 Å². The van der Waals surface area contributed by atoms with Crippen molar-refractivity contribution in [3.8, 4) is 0 Å². The van der Waals surface area contributed by atoms with Gasteiger partial charge >= 0.3 is 14.2 Å². The summed E-state index contributed by atoms with van der Waals surface area (Å²) >= 11 is 0. The van der Waals surface area contributed by atoms with Crippen LogP contribution in [0.25, 0.3) is 11.2 Å². The first-order valence-electron chi connectivity index (χ1n) is 13.1. The molecule has 1 saturated heterocycles. The Balaban J connectivity index is 1.57. The molecule has 0 bridgehead atoms. The topological polar surface area (TPSA) is 136 Å². The maximum Gasteiger partial charge on any atom is 0.329 e. The molecule has 2 N–H and O–H groups in total. The fourth-order valence-electron chi connectivity index (χ4n) is 4.52. The molecule has 1 fully saturated rings. The van der Waals surface area contributed by atoms with E-state index in [1.807, 2.05) is 19.9 Å². The van der Waals surface area contributed by atoms with Gasteiger partial charge in [0.15, 0.2) is 17.9 Å². The number of H-pyrrole nitrogens is 1. The maximum absolute atomic E-state index is 13.1. The zero-order valence-corrected chi connectivity index (χ0v) is 24.0. The second kappa shape index (κ2) is 12.8. The molecule has 2 aromatic heterocycles. The SMILES string of the molecule is CCN=COP(O[C@@H]1CC(n2c(=O)[nH]c3c(NC(=O)c4ccccc4)ncnc32)OC1C)N(C(C)C)C(C)C. The Hall–Kier alpha value is -3.18. The molecule has 4 rings (SSSR count). The first-order chi connectivity index (χ1) is 18.7. The van der Waals surface area contributed by atoms with Crippen LogP contribution in [-0.2, 0) is 13.8 Å². The van der Waals surface area contributed by atoms with Gasteiger partial charge in [-0.1, -0.05) is 18.2 Å². The third-order valence-electron chi connectivity index (χ3n) is 6.26. The average molecular weight is 558 g/mol. The van der Waals surface area contributed by atoms with Gasteiger partial charge in [-0.2, -0.15) is 0 Å². The highest BCUT2D eigenvalue weighted by Crippen LogP contribution is 2.49. The van der Waals surface area contributed by atoms with Gasteiger partial charge in [-0.15, -0.1) is 0 Å². The van der Waals surface area contributed by atoms with Gasteiger partial charge in [-0.3, -0.25) is 9.79 Å². The summed E-state index contributed by atoms with van der Waals surface area (Å²) in [5.74, 6) is -0.136. The number of fused-ring (bicyclic) bond motifs is 1. The van der Waals surface area contributed by atoms with Crippen LogP contribution in [0.15, 0.2) is 46.4 Å². The van der Waals surface area contributed by atoms with Crippen LogP contribution in [0, 0.1) is 0 Å². The largest absolute Gasteiger partial charge is 0.425 e. The van der Waals surface area contributed by atoms with Crippen LogP contribution in [-0.4, -0.2) is 67.3 Å². The van der Waals surface area contributed by atoms with E-state index >= 15 is 0 Å². The second-order valence-electron chi connectivity index (χ2n) is 9.73. The highest BCUT2D eigenvalue weighted by molar-refractivity contribution is 7.45. The summed E-state index contributed by atoms with van der Waals surface area (Å²) in [6, 6.07) is 9.12. The van der Waals surface area contributed by atoms with Crippen LogP contribution in [0.5, 0.6) is 0 Å². The van der Waals surface area contributed by atoms with Crippen molar-refractivity contribution in [2.24, 2.45) is 4.99 Å². The fraction of sp³-hybridized carbons (Fsp3) is 0.500. The van der Waals surface area contributed by atoms with Crippen molar-refractivity contribution < 1.29 is 18.6 Å². The number of anilines is 1. The number of nitrogens with zero attached hydrogens (tertiary/aromatic N) is 5. The van der Waals surface area contributed by atoms with Gasteiger partial charge in [0.05, 0.1) is 12.2 Å². The number of nitrogens with one attached hydrogen (secondary N) is 2. The smallest absolute Gasteiger partial charge is 0.329 e. The molecule has 0 saturated carbocycles. The summed E-state index contributed by atoms with van der Waals surface area (Å²) in [7, 11) is -1.47. The fourth-order valence-corrected chi connectivity index (χ4v) is 6.17. The summed E-state index contributed by atoms with van der Waals surface area (Å²) in [4.78, 5) is 41.3. The summed E-state index contributed by atoms with van der Waals surface area (Å²) in [5.41, 5.74) is 0.701. The number of amides is 1. The number of carbonyl (C=O) groups excluding carboxylic acids is 1. The summed E-state index contributed by atoms with van der Waals surface area (Å²) in [5, 5.41) is 2.76. The Bertz CT molecular complexity index is 1340. The van der Waals surface area contributed by atoms with Gasteiger partial charge in [0, 0.05) is 30.6 Å². The standard InChI is InChI=1S/C26H36N7O5P/c1-7-27-15-36-39(33(16(2)3)17(4)5)38-20-13-21(37-18(20)6)32-24-22(30-26(32)35)23(28-14-29-24)31-25(34)19-11-9-8-10-12-19/h8-12,14-18,20-21H,7,13H2,1-6H3,(H,30,35)(H,28,29,31,34)/t18?,20-,21?,39?/m1/s1. The van der Waals surface area contributed by atoms with Gasteiger partial charge in [0.1, 0.15) is 18.1 Å². The third kappa shape index (κ3) is 6.52. The number of carbonyl (C=O) groups is 1. The van der Waals surface area contributed by atoms with Crippen LogP contribution in [0.3, 0.4) is 0 Å². The summed E-state index contributed by atoms with van der Waals surface area (Å²) in [6.07, 6.45) is 1.87. The number of aromatic amines is 1. The van der Waals surface area contributed by atoms with Gasteiger partial charge < -0.3 is 24.1 Å². The normalized spacial score (nSPS) is 20.5. The molecule has 39 heavy (non-hydrogen) atoms. The lowest BCUT2D eigenvalue weighted by atomic mass is 10.2. The number of ether oxygens (including phenoxy) is 1. The van der Waals surface area contributed by atoms with Crippen LogP contribution in [0.2, 0.25) is 0 Å². The average Bonchev–Trinajstić information content (AvgIpc) is 3.42. The minimum atomic E-state index is -1.47. The van der Waals surface area contributed by atoms with Crippen molar-refractivity contribution in [1.82, 2.24) is 24.2 Å². The molecule has 1 aliphatic rings.